The van der Waals surface area contributed by atoms with Gasteiger partial charge in [-0.3, -0.25) is 14.4 Å². The van der Waals surface area contributed by atoms with Crippen LogP contribution in [-0.4, -0.2) is 73.9 Å². The predicted molar refractivity (Wildman–Crippen MR) is 101 cm³/mol. The quantitative estimate of drug-likeness (QED) is 0.125. The number of hydrogen-bond acceptors (Lipinski definition) is 9. The monoisotopic (exact) mass is 420 g/mol. The number of nitrogens with one attached hydrogen (secondary N) is 2. The molecule has 0 aromatic rings. The van der Waals surface area contributed by atoms with Crippen molar-refractivity contribution in [3.63, 3.8) is 0 Å². The zero-order valence-corrected chi connectivity index (χ0v) is 16.0. The molecule has 0 fully saturated rings. The number of aliphatic carboxylic acids is 3. The van der Waals surface area contributed by atoms with Crippen LogP contribution < -0.4 is 10.6 Å². The van der Waals surface area contributed by atoms with Gasteiger partial charge < -0.3 is 26.0 Å². The van der Waals surface area contributed by atoms with Gasteiger partial charge in [0.15, 0.2) is 4.08 Å². The molecule has 0 aliphatic rings. The molecule has 0 spiro atoms. The van der Waals surface area contributed by atoms with Crippen molar-refractivity contribution < 1.29 is 34.5 Å². The highest BCUT2D eigenvalue weighted by atomic mass is 32.2. The Morgan fingerprint density at radius 3 is 1.83 bits per heavy atom. The van der Waals surface area contributed by atoms with Crippen LogP contribution in [0.25, 0.3) is 0 Å². The Balaban J connectivity index is 0. The van der Waals surface area contributed by atoms with E-state index in [1.165, 1.54) is 0 Å². The van der Waals surface area contributed by atoms with E-state index in [1.807, 2.05) is 0 Å². The van der Waals surface area contributed by atoms with Gasteiger partial charge in [0.2, 0.25) is 5.91 Å². The summed E-state index contributed by atoms with van der Waals surface area (Å²) in [6.45, 7) is 0.786. The van der Waals surface area contributed by atoms with Crippen LogP contribution >= 0.6 is 50.5 Å². The van der Waals surface area contributed by atoms with Crippen LogP contribution in [0, 0.1) is 0 Å². The van der Waals surface area contributed by atoms with E-state index in [2.05, 4.69) is 61.1 Å². The lowest BCUT2D eigenvalue weighted by Crippen LogP contribution is -2.42. The van der Waals surface area contributed by atoms with Crippen LogP contribution in [0.4, 0.5) is 0 Å². The Hall–Kier alpha value is -0.760. The molecule has 0 aromatic carbocycles. The van der Waals surface area contributed by atoms with E-state index in [4.69, 9.17) is 15.3 Å². The maximum Gasteiger partial charge on any atom is 0.330 e. The third-order valence-corrected chi connectivity index (χ3v) is 3.55. The number of hydrogen-bond donors (Lipinski definition) is 9. The first-order chi connectivity index (χ1) is 11.0. The van der Waals surface area contributed by atoms with Crippen molar-refractivity contribution in [1.29, 1.82) is 0 Å². The van der Waals surface area contributed by atoms with Crippen LogP contribution in [0.5, 0.6) is 0 Å². The highest BCUT2D eigenvalue weighted by Crippen LogP contribution is 2.23. The van der Waals surface area contributed by atoms with Crippen molar-refractivity contribution in [2.75, 3.05) is 24.6 Å². The Labute approximate surface area is 160 Å². The maximum absolute atomic E-state index is 10.7. The molecule has 0 aliphatic heterocycles. The lowest BCUT2D eigenvalue weighted by atomic mass is 10.3. The smallest absolute Gasteiger partial charge is 0.330 e. The van der Waals surface area contributed by atoms with Gasteiger partial charge in [-0.25, -0.2) is 4.79 Å². The summed E-state index contributed by atoms with van der Waals surface area (Å²) in [6, 6.07) is -0.675. The molecule has 0 bridgehead atoms. The molecule has 9 nitrogen and oxygen atoms in total. The number of carbonyl (C=O) groups excluding carboxylic acids is 1. The minimum absolute atomic E-state index is 0.134. The summed E-state index contributed by atoms with van der Waals surface area (Å²) in [5.74, 6) is -3.37. The van der Waals surface area contributed by atoms with Gasteiger partial charge in [0, 0.05) is 18.8 Å². The molecule has 0 aromatic heterocycles. The van der Waals surface area contributed by atoms with E-state index in [1.54, 1.807) is 0 Å². The topological polar surface area (TPSA) is 153 Å². The van der Waals surface area contributed by atoms with Crippen molar-refractivity contribution in [1.82, 2.24) is 10.6 Å². The Morgan fingerprint density at radius 1 is 1.00 bits per heavy atom. The van der Waals surface area contributed by atoms with Gasteiger partial charge >= 0.3 is 17.9 Å². The fraction of sp³-hybridized carbons (Fsp3) is 0.636. The number of thiol groups is 4. The van der Waals surface area contributed by atoms with Gasteiger partial charge in [-0.2, -0.15) is 25.3 Å². The molecule has 0 rings (SSSR count). The summed E-state index contributed by atoms with van der Waals surface area (Å²) in [6.07, 6.45) is -0.617. The summed E-state index contributed by atoms with van der Waals surface area (Å²) < 4.78 is -1.77. The van der Waals surface area contributed by atoms with Gasteiger partial charge in [-0.1, -0.05) is 0 Å². The molecule has 13 heteroatoms. The summed E-state index contributed by atoms with van der Waals surface area (Å²) in [7, 11) is 0. The number of carboxylic acid groups (broad SMARTS) is 3. The molecule has 0 unspecified atom stereocenters. The third-order valence-electron chi connectivity index (χ3n) is 2.20. The molecular formula is C11H20N2O7S4. The first-order valence-electron chi connectivity index (χ1n) is 6.32. The van der Waals surface area contributed by atoms with Crippen molar-refractivity contribution in [2.45, 2.75) is 16.5 Å². The van der Waals surface area contributed by atoms with E-state index in [-0.39, 0.29) is 17.4 Å². The normalized spacial score (nSPS) is 11.7. The molecule has 1 amide bonds. The number of carboxylic acids is 3. The van der Waals surface area contributed by atoms with E-state index in [0.29, 0.717) is 13.1 Å². The fourth-order valence-corrected chi connectivity index (χ4v) is 1.69. The second kappa shape index (κ2) is 13.5. The molecule has 1 atom stereocenters. The molecule has 24 heavy (non-hydrogen) atoms. The van der Waals surface area contributed by atoms with Crippen molar-refractivity contribution in [2.24, 2.45) is 0 Å². The standard InChI is InChI=1S/C7H14N2O3S2.C4H6O4S2/c10-6(4-14)9-2-1-8-5(3-13)7(11)12;5-2(6)1-4(9,10)3(7)8/h5,8,13-14H,1-4H2,(H,9,10)(H,11,12);9-10H,1H2,(H,5,6)(H,7,8)/t5-;/m0./s1. The third kappa shape index (κ3) is 13.7. The minimum Gasteiger partial charge on any atom is -0.481 e. The Kier molecular flexibility index (Phi) is 14.4. The van der Waals surface area contributed by atoms with Gasteiger partial charge in [0.25, 0.3) is 0 Å². The lowest BCUT2D eigenvalue weighted by molar-refractivity contribution is -0.143. The number of amides is 1. The highest BCUT2D eigenvalue weighted by molar-refractivity contribution is 8.02. The van der Waals surface area contributed by atoms with Crippen molar-refractivity contribution >= 4 is 74.3 Å². The Morgan fingerprint density at radius 2 is 1.54 bits per heavy atom. The number of carbonyl (C=O) groups is 4. The van der Waals surface area contributed by atoms with Crippen LogP contribution in [0.2, 0.25) is 0 Å². The van der Waals surface area contributed by atoms with Crippen LogP contribution in [-0.2, 0) is 19.2 Å². The zero-order chi connectivity index (χ0) is 19.3. The molecule has 0 saturated carbocycles. The van der Waals surface area contributed by atoms with Gasteiger partial charge in [-0.15, -0.1) is 25.3 Å². The molecular weight excluding hydrogens is 400 g/mol. The lowest BCUT2D eigenvalue weighted by Gasteiger charge is -2.12. The second-order valence-corrected chi connectivity index (χ2v) is 6.79. The van der Waals surface area contributed by atoms with Crippen LogP contribution in [0.15, 0.2) is 0 Å². The fourth-order valence-electron chi connectivity index (χ4n) is 1.02. The van der Waals surface area contributed by atoms with E-state index >= 15 is 0 Å². The molecule has 0 aliphatic carbocycles. The van der Waals surface area contributed by atoms with Gasteiger partial charge in [0.1, 0.15) is 6.04 Å². The van der Waals surface area contributed by atoms with E-state index < -0.39 is 34.4 Å². The number of rotatable bonds is 10. The van der Waals surface area contributed by atoms with Crippen LogP contribution in [0.1, 0.15) is 6.42 Å². The molecule has 5 N–H and O–H groups in total. The average Bonchev–Trinajstić information content (AvgIpc) is 2.45. The molecule has 0 radical (unpaired) electrons. The van der Waals surface area contributed by atoms with Crippen molar-refractivity contribution in [3.8, 4) is 0 Å². The second-order valence-electron chi connectivity index (χ2n) is 4.23. The minimum atomic E-state index is -1.77. The summed E-state index contributed by atoms with van der Waals surface area (Å²) >= 11 is 14.7. The summed E-state index contributed by atoms with van der Waals surface area (Å²) in [5, 5.41) is 30.3. The first-order valence-corrected chi connectivity index (χ1v) is 8.48. The molecule has 0 saturated heterocycles. The summed E-state index contributed by atoms with van der Waals surface area (Å²) in [5.41, 5.74) is 0. The van der Waals surface area contributed by atoms with Crippen molar-refractivity contribution in [3.05, 3.63) is 0 Å². The largest absolute Gasteiger partial charge is 0.481 e. The highest BCUT2D eigenvalue weighted by Gasteiger charge is 2.32. The van der Waals surface area contributed by atoms with Crippen LogP contribution in [0.3, 0.4) is 0 Å². The van der Waals surface area contributed by atoms with Gasteiger partial charge in [-0.05, 0) is 0 Å². The first kappa shape index (κ1) is 25.5. The SMILES string of the molecule is O=C(CS)NCCN[C@@H](CS)C(=O)O.O=C(O)CC(S)(S)C(=O)O. The molecule has 140 valence electrons. The molecule has 0 heterocycles. The average molecular weight is 421 g/mol. The maximum atomic E-state index is 10.7. The summed E-state index contributed by atoms with van der Waals surface area (Å²) in [4.78, 5) is 41.3. The Bertz CT molecular complexity index is 448. The zero-order valence-electron chi connectivity index (χ0n) is 12.4. The van der Waals surface area contributed by atoms with E-state index in [9.17, 15) is 19.2 Å². The predicted octanol–water partition coefficient (Wildman–Crippen LogP) is -0.893. The van der Waals surface area contributed by atoms with E-state index in [0.717, 1.165) is 0 Å². The van der Waals surface area contributed by atoms with Gasteiger partial charge in [0.05, 0.1) is 12.2 Å².